The molecule has 0 radical (unpaired) electrons. The third-order valence-electron chi connectivity index (χ3n) is 5.67. The molecule has 2 heterocycles. The lowest BCUT2D eigenvalue weighted by atomic mass is 9.95. The van der Waals surface area contributed by atoms with Crippen LogP contribution < -0.4 is 14.4 Å². The van der Waals surface area contributed by atoms with Crippen LogP contribution in [0.3, 0.4) is 0 Å². The second-order valence-electron chi connectivity index (χ2n) is 7.44. The van der Waals surface area contributed by atoms with E-state index in [9.17, 15) is 9.90 Å². The lowest BCUT2D eigenvalue weighted by molar-refractivity contribution is 0.0988. The second kappa shape index (κ2) is 7.77. The summed E-state index contributed by atoms with van der Waals surface area (Å²) in [7, 11) is 3.11. The van der Waals surface area contributed by atoms with E-state index in [0.717, 1.165) is 22.4 Å². The van der Waals surface area contributed by atoms with E-state index in [0.29, 0.717) is 22.9 Å². The van der Waals surface area contributed by atoms with Crippen LogP contribution in [0.4, 0.5) is 5.69 Å². The number of para-hydroxylation sites is 1. The van der Waals surface area contributed by atoms with Gasteiger partial charge in [0, 0.05) is 16.8 Å². The first kappa shape index (κ1) is 19.7. The Morgan fingerprint density at radius 2 is 1.78 bits per heavy atom. The summed E-state index contributed by atoms with van der Waals surface area (Å²) >= 11 is 0. The van der Waals surface area contributed by atoms with Crippen LogP contribution in [0.25, 0.3) is 11.3 Å². The highest BCUT2D eigenvalue weighted by Gasteiger charge is 2.43. The number of phenols is 1. The van der Waals surface area contributed by atoms with Gasteiger partial charge in [0.05, 0.1) is 26.0 Å². The molecule has 0 unspecified atom stereocenters. The van der Waals surface area contributed by atoms with Gasteiger partial charge in [-0.05, 0) is 42.0 Å². The zero-order valence-corrected chi connectivity index (χ0v) is 17.6. The van der Waals surface area contributed by atoms with Gasteiger partial charge in [0.15, 0.2) is 11.5 Å². The van der Waals surface area contributed by atoms with E-state index in [4.69, 9.17) is 9.47 Å². The number of fused-ring (bicyclic) bond motifs is 1. The number of aromatic nitrogens is 2. The number of nitrogens with one attached hydrogen (secondary N) is 1. The highest BCUT2D eigenvalue weighted by molar-refractivity contribution is 6.11. The maximum atomic E-state index is 13.5. The summed E-state index contributed by atoms with van der Waals surface area (Å²) in [6, 6.07) is 21.7. The second-order valence-corrected chi connectivity index (χ2v) is 7.44. The summed E-state index contributed by atoms with van der Waals surface area (Å²) in [6.07, 6.45) is 0. The van der Waals surface area contributed by atoms with E-state index in [2.05, 4.69) is 10.2 Å². The van der Waals surface area contributed by atoms with Crippen molar-refractivity contribution < 1.29 is 19.4 Å². The van der Waals surface area contributed by atoms with Gasteiger partial charge >= 0.3 is 0 Å². The van der Waals surface area contributed by atoms with Crippen LogP contribution >= 0.6 is 0 Å². The Kier molecular flexibility index (Phi) is 4.78. The fourth-order valence-electron chi connectivity index (χ4n) is 4.17. The zero-order chi connectivity index (χ0) is 22.2. The summed E-state index contributed by atoms with van der Waals surface area (Å²) in [4.78, 5) is 15.3. The number of methoxy groups -OCH3 is 2. The Labute approximate surface area is 184 Å². The molecule has 0 saturated heterocycles. The van der Waals surface area contributed by atoms with Gasteiger partial charge in [-0.1, -0.05) is 36.4 Å². The average molecular weight is 427 g/mol. The van der Waals surface area contributed by atoms with Gasteiger partial charge in [-0.15, -0.1) is 0 Å². The number of nitrogens with zero attached hydrogens (tertiary/aromatic N) is 2. The number of ether oxygens (including phenoxy) is 2. The Morgan fingerprint density at radius 1 is 0.969 bits per heavy atom. The number of aromatic amines is 1. The molecule has 2 N–H and O–H groups in total. The molecule has 1 aromatic heterocycles. The molecule has 0 bridgehead atoms. The van der Waals surface area contributed by atoms with Gasteiger partial charge in [0.1, 0.15) is 11.4 Å². The van der Waals surface area contributed by atoms with E-state index < -0.39 is 6.04 Å². The number of anilines is 1. The molecule has 1 amide bonds. The SMILES string of the molecule is COc1cccc(-c2n[nH]c3c2[C@H](c2ccc(O)c(OC)c2)N(c2ccccc2)C3=O)c1. The third-order valence-corrected chi connectivity index (χ3v) is 5.67. The quantitative estimate of drug-likeness (QED) is 0.488. The minimum atomic E-state index is -0.464. The highest BCUT2D eigenvalue weighted by Crippen LogP contribution is 2.46. The standard InChI is InChI=1S/C25H21N3O4/c1-31-18-10-6-7-15(13-18)22-21-23(27-26-22)25(30)28(17-8-4-3-5-9-17)24(21)16-11-12-19(29)20(14-16)32-2/h3-14,24,29H,1-2H3,(H,26,27)/t24-/m0/s1. The van der Waals surface area contributed by atoms with Crippen molar-refractivity contribution in [1.82, 2.24) is 10.2 Å². The van der Waals surface area contributed by atoms with Crippen molar-refractivity contribution in [2.45, 2.75) is 6.04 Å². The molecule has 4 aromatic rings. The summed E-state index contributed by atoms with van der Waals surface area (Å²) in [6.45, 7) is 0. The maximum absolute atomic E-state index is 13.5. The minimum absolute atomic E-state index is 0.0345. The van der Waals surface area contributed by atoms with Gasteiger partial charge in [-0.3, -0.25) is 14.8 Å². The van der Waals surface area contributed by atoms with Gasteiger partial charge in [-0.2, -0.15) is 5.10 Å². The fraction of sp³-hybridized carbons (Fsp3) is 0.120. The van der Waals surface area contributed by atoms with E-state index in [1.807, 2.05) is 54.6 Å². The van der Waals surface area contributed by atoms with Crippen LogP contribution in [-0.4, -0.2) is 35.4 Å². The lowest BCUT2D eigenvalue weighted by Gasteiger charge is -2.27. The summed E-state index contributed by atoms with van der Waals surface area (Å²) in [5.74, 6) is 0.895. The fourth-order valence-corrected chi connectivity index (χ4v) is 4.17. The van der Waals surface area contributed by atoms with E-state index >= 15 is 0 Å². The molecular formula is C25H21N3O4. The van der Waals surface area contributed by atoms with E-state index in [1.54, 1.807) is 30.2 Å². The summed E-state index contributed by atoms with van der Waals surface area (Å²) in [5, 5.41) is 17.6. The highest BCUT2D eigenvalue weighted by atomic mass is 16.5. The molecule has 0 fully saturated rings. The molecule has 1 aliphatic heterocycles. The largest absolute Gasteiger partial charge is 0.504 e. The van der Waals surface area contributed by atoms with Crippen LogP contribution in [0.15, 0.2) is 72.8 Å². The molecular weight excluding hydrogens is 406 g/mol. The van der Waals surface area contributed by atoms with Crippen molar-refractivity contribution >= 4 is 11.6 Å². The van der Waals surface area contributed by atoms with E-state index in [1.165, 1.54) is 7.11 Å². The topological polar surface area (TPSA) is 87.7 Å². The number of hydrogen-bond acceptors (Lipinski definition) is 5. The molecule has 1 atom stereocenters. The number of hydrogen-bond donors (Lipinski definition) is 2. The van der Waals surface area contributed by atoms with Crippen LogP contribution in [0.2, 0.25) is 0 Å². The van der Waals surface area contributed by atoms with Crippen molar-refractivity contribution in [1.29, 1.82) is 0 Å². The molecule has 0 saturated carbocycles. The molecule has 32 heavy (non-hydrogen) atoms. The van der Waals surface area contributed by atoms with Crippen LogP contribution in [0.1, 0.15) is 27.7 Å². The van der Waals surface area contributed by atoms with Crippen LogP contribution in [0, 0.1) is 0 Å². The predicted molar refractivity (Wildman–Crippen MR) is 120 cm³/mol. The maximum Gasteiger partial charge on any atom is 0.277 e. The molecule has 7 nitrogen and oxygen atoms in total. The van der Waals surface area contributed by atoms with Gasteiger partial charge in [0.25, 0.3) is 5.91 Å². The number of carbonyl (C=O) groups excluding carboxylic acids is 1. The number of H-pyrrole nitrogens is 1. The zero-order valence-electron chi connectivity index (χ0n) is 17.6. The number of amides is 1. The van der Waals surface area contributed by atoms with Crippen molar-refractivity contribution in [3.63, 3.8) is 0 Å². The number of benzene rings is 3. The number of aromatic hydroxyl groups is 1. The van der Waals surface area contributed by atoms with Crippen LogP contribution in [-0.2, 0) is 0 Å². The molecule has 0 spiro atoms. The Balaban J connectivity index is 1.73. The minimum Gasteiger partial charge on any atom is -0.504 e. The molecule has 3 aromatic carbocycles. The third kappa shape index (κ3) is 3.06. The normalized spacial score (nSPS) is 15.0. The molecule has 160 valence electrons. The molecule has 1 aliphatic rings. The smallest absolute Gasteiger partial charge is 0.277 e. The van der Waals surface area contributed by atoms with Gasteiger partial charge in [-0.25, -0.2) is 0 Å². The summed E-state index contributed by atoms with van der Waals surface area (Å²) in [5.41, 5.74) is 4.25. The van der Waals surface area contributed by atoms with Crippen LogP contribution in [0.5, 0.6) is 17.2 Å². The average Bonchev–Trinajstić information content (AvgIpc) is 3.39. The molecule has 0 aliphatic carbocycles. The monoisotopic (exact) mass is 427 g/mol. The molecule has 7 heteroatoms. The Bertz CT molecular complexity index is 1300. The van der Waals surface area contributed by atoms with Crippen molar-refractivity contribution in [2.75, 3.05) is 19.1 Å². The summed E-state index contributed by atoms with van der Waals surface area (Å²) < 4.78 is 10.7. The van der Waals surface area contributed by atoms with E-state index in [-0.39, 0.29) is 11.7 Å². The predicted octanol–water partition coefficient (Wildman–Crippen LogP) is 4.55. The lowest BCUT2D eigenvalue weighted by Crippen LogP contribution is -2.29. The number of rotatable bonds is 5. The number of phenolic OH excluding ortho intramolecular Hbond substituents is 1. The Hall–Kier alpha value is -4.26. The Morgan fingerprint density at radius 3 is 2.53 bits per heavy atom. The van der Waals surface area contributed by atoms with Gasteiger partial charge < -0.3 is 14.6 Å². The number of carbonyl (C=O) groups is 1. The van der Waals surface area contributed by atoms with Crippen molar-refractivity contribution in [3.8, 4) is 28.5 Å². The molecule has 5 rings (SSSR count). The first-order chi connectivity index (χ1) is 15.6. The first-order valence-electron chi connectivity index (χ1n) is 10.1. The van der Waals surface area contributed by atoms with Gasteiger partial charge in [0.2, 0.25) is 0 Å². The van der Waals surface area contributed by atoms with Crippen molar-refractivity contribution in [2.24, 2.45) is 0 Å². The first-order valence-corrected chi connectivity index (χ1v) is 10.1. The van der Waals surface area contributed by atoms with Crippen molar-refractivity contribution in [3.05, 3.63) is 89.6 Å².